The lowest BCUT2D eigenvalue weighted by atomic mass is 9.75. The number of aliphatic carboxylic acids is 1. The van der Waals surface area contributed by atoms with Gasteiger partial charge in [-0.25, -0.2) is 4.79 Å². The van der Waals surface area contributed by atoms with Crippen LogP contribution < -0.4 is 0 Å². The molecular formula is C15H24O5. The van der Waals surface area contributed by atoms with Gasteiger partial charge in [-0.15, -0.1) is 0 Å². The molecule has 1 rings (SSSR count). The zero-order valence-corrected chi connectivity index (χ0v) is 12.4. The fourth-order valence-electron chi connectivity index (χ4n) is 2.78. The normalized spacial score (nSPS) is 26.3. The molecule has 0 aromatic rings. The second-order valence-corrected chi connectivity index (χ2v) is 6.09. The summed E-state index contributed by atoms with van der Waals surface area (Å²) in [5.74, 6) is -1.55. The second-order valence-electron chi connectivity index (χ2n) is 6.09. The Morgan fingerprint density at radius 3 is 2.40 bits per heavy atom. The predicted molar refractivity (Wildman–Crippen MR) is 73.1 cm³/mol. The number of hydrogen-bond acceptors (Lipinski definition) is 4. The lowest BCUT2D eigenvalue weighted by Crippen LogP contribution is -2.37. The molecule has 5 heteroatoms. The molecule has 1 aliphatic carbocycles. The molecule has 0 amide bonds. The number of ketones is 1. The first-order valence-electron chi connectivity index (χ1n) is 7.26. The molecule has 1 N–H and O–H groups in total. The van der Waals surface area contributed by atoms with E-state index in [9.17, 15) is 14.4 Å². The first-order chi connectivity index (χ1) is 9.31. The van der Waals surface area contributed by atoms with Gasteiger partial charge in [-0.2, -0.15) is 0 Å². The monoisotopic (exact) mass is 284 g/mol. The van der Waals surface area contributed by atoms with E-state index in [1.54, 1.807) is 0 Å². The van der Waals surface area contributed by atoms with Crippen molar-refractivity contribution in [3.8, 4) is 0 Å². The van der Waals surface area contributed by atoms with Crippen molar-refractivity contribution >= 4 is 17.7 Å². The van der Waals surface area contributed by atoms with E-state index in [4.69, 9.17) is 9.84 Å². The van der Waals surface area contributed by atoms with Gasteiger partial charge in [0, 0.05) is 6.42 Å². The minimum atomic E-state index is -1.09. The molecule has 0 saturated heterocycles. The highest BCUT2D eigenvalue weighted by Gasteiger charge is 2.34. The Morgan fingerprint density at radius 2 is 1.85 bits per heavy atom. The third-order valence-electron chi connectivity index (χ3n) is 4.01. The number of esters is 1. The summed E-state index contributed by atoms with van der Waals surface area (Å²) in [6, 6.07) is 0. The summed E-state index contributed by atoms with van der Waals surface area (Å²) in [7, 11) is 0. The highest BCUT2D eigenvalue weighted by molar-refractivity contribution is 6.33. The number of carboxylic acid groups (broad SMARTS) is 1. The summed E-state index contributed by atoms with van der Waals surface area (Å²) in [5, 5.41) is 8.51. The molecule has 0 unspecified atom stereocenters. The number of ether oxygens (including phenoxy) is 1. The lowest BCUT2D eigenvalue weighted by molar-refractivity contribution is -0.163. The molecule has 0 bridgehead atoms. The molecule has 0 aromatic heterocycles. The van der Waals surface area contributed by atoms with Crippen molar-refractivity contribution in [3.63, 3.8) is 0 Å². The molecule has 0 aromatic carbocycles. The number of rotatable bonds is 6. The van der Waals surface area contributed by atoms with Gasteiger partial charge in [-0.05, 0) is 30.6 Å². The van der Waals surface area contributed by atoms with Crippen molar-refractivity contribution in [1.82, 2.24) is 0 Å². The largest absolute Gasteiger partial charge is 0.481 e. The summed E-state index contributed by atoms with van der Waals surface area (Å²) < 4.78 is 5.35. The van der Waals surface area contributed by atoms with Gasteiger partial charge in [0.1, 0.15) is 6.10 Å². The van der Waals surface area contributed by atoms with Crippen molar-refractivity contribution in [3.05, 3.63) is 0 Å². The van der Waals surface area contributed by atoms with Crippen LogP contribution in [-0.2, 0) is 19.1 Å². The van der Waals surface area contributed by atoms with Crippen molar-refractivity contribution in [2.45, 2.75) is 59.0 Å². The smallest absolute Gasteiger partial charge is 0.374 e. The van der Waals surface area contributed by atoms with Crippen LogP contribution in [0.4, 0.5) is 0 Å². The summed E-state index contributed by atoms with van der Waals surface area (Å²) in [5.41, 5.74) is 0. The first kappa shape index (κ1) is 16.7. The van der Waals surface area contributed by atoms with Crippen LogP contribution >= 0.6 is 0 Å². The molecule has 0 spiro atoms. The third-order valence-corrected chi connectivity index (χ3v) is 4.01. The van der Waals surface area contributed by atoms with Gasteiger partial charge in [-0.1, -0.05) is 27.2 Å². The molecule has 0 heterocycles. The van der Waals surface area contributed by atoms with Crippen LogP contribution in [0.1, 0.15) is 52.9 Å². The van der Waals surface area contributed by atoms with E-state index in [2.05, 4.69) is 20.8 Å². The van der Waals surface area contributed by atoms with E-state index >= 15 is 0 Å². The van der Waals surface area contributed by atoms with Crippen LogP contribution in [-0.4, -0.2) is 28.9 Å². The summed E-state index contributed by atoms with van der Waals surface area (Å²) in [4.78, 5) is 33.7. The minimum Gasteiger partial charge on any atom is -0.481 e. The number of carboxylic acids is 1. The topological polar surface area (TPSA) is 80.7 Å². The van der Waals surface area contributed by atoms with E-state index in [-0.39, 0.29) is 24.9 Å². The zero-order chi connectivity index (χ0) is 15.3. The Balaban J connectivity index is 2.56. The fraction of sp³-hybridized carbons (Fsp3) is 0.800. The number of Topliss-reactive ketones (excluding diaryl/α,β-unsaturated/α-hetero) is 1. The molecule has 20 heavy (non-hydrogen) atoms. The maximum atomic E-state index is 11.7. The summed E-state index contributed by atoms with van der Waals surface area (Å²) in [6.45, 7) is 6.30. The number of hydrogen-bond donors (Lipinski definition) is 1. The first-order valence-corrected chi connectivity index (χ1v) is 7.26. The Hall–Kier alpha value is -1.39. The van der Waals surface area contributed by atoms with E-state index < -0.39 is 17.7 Å². The molecular weight excluding hydrogens is 260 g/mol. The molecule has 0 radical (unpaired) electrons. The number of carbonyl (C=O) groups excluding carboxylic acids is 2. The molecule has 114 valence electrons. The van der Waals surface area contributed by atoms with Crippen molar-refractivity contribution < 1.29 is 24.2 Å². The molecule has 5 nitrogen and oxygen atoms in total. The zero-order valence-electron chi connectivity index (χ0n) is 12.4. The van der Waals surface area contributed by atoms with Crippen LogP contribution in [0.2, 0.25) is 0 Å². The molecule has 1 saturated carbocycles. The summed E-state index contributed by atoms with van der Waals surface area (Å²) in [6.07, 6.45) is 2.05. The van der Waals surface area contributed by atoms with Crippen LogP contribution in [0.5, 0.6) is 0 Å². The summed E-state index contributed by atoms with van der Waals surface area (Å²) >= 11 is 0. The van der Waals surface area contributed by atoms with E-state index in [1.165, 1.54) is 0 Å². The Bertz CT molecular complexity index is 374. The highest BCUT2D eigenvalue weighted by Crippen LogP contribution is 2.35. The van der Waals surface area contributed by atoms with Crippen molar-refractivity contribution in [1.29, 1.82) is 0 Å². The van der Waals surface area contributed by atoms with Crippen molar-refractivity contribution in [2.24, 2.45) is 17.8 Å². The van der Waals surface area contributed by atoms with Crippen LogP contribution in [0, 0.1) is 17.8 Å². The Morgan fingerprint density at radius 1 is 1.20 bits per heavy atom. The van der Waals surface area contributed by atoms with Crippen LogP contribution in [0.15, 0.2) is 0 Å². The average molecular weight is 284 g/mol. The highest BCUT2D eigenvalue weighted by atomic mass is 16.5. The predicted octanol–water partition coefficient (Wildman–Crippen LogP) is 2.42. The average Bonchev–Trinajstić information content (AvgIpc) is 2.35. The Kier molecular flexibility index (Phi) is 6.17. The van der Waals surface area contributed by atoms with Gasteiger partial charge in [0.25, 0.3) is 0 Å². The fourth-order valence-corrected chi connectivity index (χ4v) is 2.78. The van der Waals surface area contributed by atoms with Crippen LogP contribution in [0.25, 0.3) is 0 Å². The molecule has 0 aliphatic heterocycles. The minimum absolute atomic E-state index is 0.222. The second kappa shape index (κ2) is 7.41. The molecule has 3 atom stereocenters. The Labute approximate surface area is 119 Å². The molecule has 1 fully saturated rings. The van der Waals surface area contributed by atoms with E-state index in [0.717, 1.165) is 19.3 Å². The quantitative estimate of drug-likeness (QED) is 0.598. The van der Waals surface area contributed by atoms with Crippen molar-refractivity contribution in [2.75, 3.05) is 0 Å². The lowest BCUT2D eigenvalue weighted by Gasteiger charge is -2.36. The standard InChI is InChI=1S/C15H24O5/c1-9(2)11-5-4-10(3)8-13(11)20-15(19)12(16)6-7-14(17)18/h9-11,13H,4-8H2,1-3H3,(H,17,18)/t10-,11+,13-/m0/s1. The van der Waals surface area contributed by atoms with Gasteiger partial charge in [0.15, 0.2) is 0 Å². The van der Waals surface area contributed by atoms with E-state index in [1.807, 2.05) is 0 Å². The maximum Gasteiger partial charge on any atom is 0.374 e. The van der Waals surface area contributed by atoms with Gasteiger partial charge < -0.3 is 9.84 Å². The van der Waals surface area contributed by atoms with Crippen LogP contribution in [0.3, 0.4) is 0 Å². The van der Waals surface area contributed by atoms with Gasteiger partial charge in [0.2, 0.25) is 5.78 Å². The third kappa shape index (κ3) is 4.94. The SMILES string of the molecule is CC(C)[C@H]1CC[C@H](C)C[C@@H]1OC(=O)C(=O)CCC(=O)O. The van der Waals surface area contributed by atoms with Gasteiger partial charge >= 0.3 is 11.9 Å². The van der Waals surface area contributed by atoms with E-state index in [0.29, 0.717) is 11.8 Å². The van der Waals surface area contributed by atoms with Gasteiger partial charge in [0.05, 0.1) is 6.42 Å². The number of carbonyl (C=O) groups is 3. The van der Waals surface area contributed by atoms with Gasteiger partial charge in [-0.3, -0.25) is 9.59 Å². The maximum absolute atomic E-state index is 11.7. The molecule has 1 aliphatic rings.